The van der Waals surface area contributed by atoms with Gasteiger partial charge in [-0.1, -0.05) is 87.9 Å². The molecule has 1 unspecified atom stereocenters. The van der Waals surface area contributed by atoms with Crippen molar-refractivity contribution in [3.05, 3.63) is 100 Å². The lowest BCUT2D eigenvalue weighted by atomic mass is 9.87. The Kier molecular flexibility index (Phi) is 8.65. The molecule has 4 rings (SSSR count). The third-order valence-electron chi connectivity index (χ3n) is 7.56. The standard InChI is InChI=1S/C33H39NO4S/c1-6-27-28-19-16-24(23-12-10-8-7-9-11-13-23)14-15-25(28)17-20-29(27)32(35)34-39(36,37)31-22-26(33(2,3)4)18-21-30(31)38-5/h7-10,12,16-22,24H,6,11,13-15H2,1-5H3,(H,34,35)/b9-7-,10-8-,23-12+. The maximum absolute atomic E-state index is 13.5. The molecule has 0 aromatic heterocycles. The number of allylic oxidation sites excluding steroid dienone is 7. The van der Waals surface area contributed by atoms with Crippen LogP contribution in [0.2, 0.25) is 0 Å². The smallest absolute Gasteiger partial charge is 0.268 e. The van der Waals surface area contributed by atoms with E-state index in [4.69, 9.17) is 4.74 Å². The van der Waals surface area contributed by atoms with Gasteiger partial charge in [0.25, 0.3) is 15.9 Å². The van der Waals surface area contributed by atoms with Crippen molar-refractivity contribution in [2.45, 2.75) is 70.1 Å². The van der Waals surface area contributed by atoms with E-state index >= 15 is 0 Å². The summed E-state index contributed by atoms with van der Waals surface area (Å²) in [5, 5.41) is 0. The number of fused-ring (bicyclic) bond motifs is 1. The van der Waals surface area contributed by atoms with Crippen molar-refractivity contribution in [1.29, 1.82) is 0 Å². The summed E-state index contributed by atoms with van der Waals surface area (Å²) < 4.78 is 34.6. The predicted octanol–water partition coefficient (Wildman–Crippen LogP) is 7.08. The van der Waals surface area contributed by atoms with Gasteiger partial charge in [-0.25, -0.2) is 13.1 Å². The van der Waals surface area contributed by atoms with E-state index in [-0.39, 0.29) is 16.1 Å². The molecule has 1 atom stereocenters. The van der Waals surface area contributed by atoms with E-state index in [1.807, 2.05) is 39.8 Å². The van der Waals surface area contributed by atoms with Gasteiger partial charge in [0.05, 0.1) is 7.11 Å². The summed E-state index contributed by atoms with van der Waals surface area (Å²) >= 11 is 0. The second-order valence-corrected chi connectivity index (χ2v) is 12.8. The molecule has 0 fully saturated rings. The summed E-state index contributed by atoms with van der Waals surface area (Å²) in [4.78, 5) is 13.4. The van der Waals surface area contributed by atoms with Crippen LogP contribution in [-0.2, 0) is 28.3 Å². The summed E-state index contributed by atoms with van der Waals surface area (Å²) in [6.07, 6.45) is 19.6. The Morgan fingerprint density at radius 2 is 1.87 bits per heavy atom. The summed E-state index contributed by atoms with van der Waals surface area (Å²) in [5.41, 5.74) is 5.44. The van der Waals surface area contributed by atoms with E-state index in [1.165, 1.54) is 18.2 Å². The van der Waals surface area contributed by atoms with Gasteiger partial charge in [-0.3, -0.25) is 4.79 Å². The molecule has 6 heteroatoms. The minimum Gasteiger partial charge on any atom is -0.495 e. The second kappa shape index (κ2) is 11.8. The Labute approximate surface area is 233 Å². The largest absolute Gasteiger partial charge is 0.495 e. The van der Waals surface area contributed by atoms with Crippen LogP contribution in [0.1, 0.15) is 79.6 Å². The summed E-state index contributed by atoms with van der Waals surface area (Å²) in [5.74, 6) is -0.103. The van der Waals surface area contributed by atoms with Crippen molar-refractivity contribution < 1.29 is 17.9 Å². The van der Waals surface area contributed by atoms with E-state index in [2.05, 4.69) is 47.3 Å². The van der Waals surface area contributed by atoms with Gasteiger partial charge in [-0.15, -0.1) is 0 Å². The van der Waals surface area contributed by atoms with Crippen LogP contribution in [0.25, 0.3) is 6.08 Å². The van der Waals surface area contributed by atoms with Crippen molar-refractivity contribution in [1.82, 2.24) is 4.72 Å². The first kappa shape index (κ1) is 28.6. The minimum absolute atomic E-state index is 0.0438. The Morgan fingerprint density at radius 1 is 1.08 bits per heavy atom. The number of carbonyl (C=O) groups excluding carboxylic acids is 1. The number of sulfonamides is 1. The lowest BCUT2D eigenvalue weighted by Gasteiger charge is -2.21. The van der Waals surface area contributed by atoms with Crippen LogP contribution in [0.4, 0.5) is 0 Å². The molecule has 206 valence electrons. The average Bonchev–Trinajstić information content (AvgIpc) is 3.09. The monoisotopic (exact) mass is 545 g/mol. The van der Waals surface area contributed by atoms with Gasteiger partial charge in [-0.2, -0.15) is 0 Å². The maximum atomic E-state index is 13.5. The number of hydrogen-bond donors (Lipinski definition) is 1. The fourth-order valence-electron chi connectivity index (χ4n) is 5.31. The minimum atomic E-state index is -4.18. The molecule has 1 amide bonds. The van der Waals surface area contributed by atoms with Crippen LogP contribution >= 0.6 is 0 Å². The van der Waals surface area contributed by atoms with E-state index < -0.39 is 15.9 Å². The predicted molar refractivity (Wildman–Crippen MR) is 159 cm³/mol. The molecule has 0 aliphatic heterocycles. The number of hydrogen-bond acceptors (Lipinski definition) is 4. The number of methoxy groups -OCH3 is 1. The molecule has 0 bridgehead atoms. The van der Waals surface area contributed by atoms with Gasteiger partial charge in [-0.05, 0) is 83.9 Å². The Morgan fingerprint density at radius 3 is 2.59 bits per heavy atom. The van der Waals surface area contributed by atoms with Crippen LogP contribution < -0.4 is 9.46 Å². The number of amides is 1. The average molecular weight is 546 g/mol. The normalized spacial score (nSPS) is 20.4. The van der Waals surface area contributed by atoms with Crippen molar-refractivity contribution >= 4 is 22.0 Å². The fraction of sp³-hybridized carbons (Fsp3) is 0.364. The van der Waals surface area contributed by atoms with Gasteiger partial charge in [0, 0.05) is 5.56 Å². The molecule has 0 radical (unpaired) electrons. The zero-order valence-corrected chi connectivity index (χ0v) is 24.4. The molecule has 0 heterocycles. The van der Waals surface area contributed by atoms with E-state index in [0.29, 0.717) is 17.9 Å². The van der Waals surface area contributed by atoms with Crippen LogP contribution in [0, 0.1) is 5.92 Å². The molecule has 0 saturated heterocycles. The number of rotatable bonds is 6. The Hall–Kier alpha value is -3.38. The van der Waals surface area contributed by atoms with Crippen molar-refractivity contribution in [3.63, 3.8) is 0 Å². The highest BCUT2D eigenvalue weighted by Crippen LogP contribution is 2.34. The lowest BCUT2D eigenvalue weighted by Crippen LogP contribution is -2.32. The van der Waals surface area contributed by atoms with Gasteiger partial charge in [0.1, 0.15) is 10.6 Å². The van der Waals surface area contributed by atoms with E-state index in [0.717, 1.165) is 42.4 Å². The highest BCUT2D eigenvalue weighted by molar-refractivity contribution is 7.90. The number of nitrogens with one attached hydrogen (secondary N) is 1. The van der Waals surface area contributed by atoms with E-state index in [9.17, 15) is 13.2 Å². The van der Waals surface area contributed by atoms with Gasteiger partial charge < -0.3 is 4.74 Å². The van der Waals surface area contributed by atoms with Gasteiger partial charge in [0.15, 0.2) is 0 Å². The first-order chi connectivity index (χ1) is 18.5. The van der Waals surface area contributed by atoms with Crippen LogP contribution in [-0.4, -0.2) is 21.4 Å². The molecule has 1 N–H and O–H groups in total. The zero-order chi connectivity index (χ0) is 28.2. The summed E-state index contributed by atoms with van der Waals surface area (Å²) in [7, 11) is -2.75. The zero-order valence-electron chi connectivity index (χ0n) is 23.6. The quantitative estimate of drug-likeness (QED) is 0.421. The van der Waals surface area contributed by atoms with Gasteiger partial charge >= 0.3 is 0 Å². The SMILES string of the molecule is CCc1c(C(=O)NS(=O)(=O)c2cc(C(C)(C)C)ccc2OC)ccc2c1C=CC(/C1=C/C=C\C=C/CC1)CC2. The molecule has 0 saturated carbocycles. The van der Waals surface area contributed by atoms with Crippen molar-refractivity contribution in [3.8, 4) is 5.75 Å². The van der Waals surface area contributed by atoms with Crippen LogP contribution in [0.15, 0.2) is 77.3 Å². The third kappa shape index (κ3) is 6.44. The highest BCUT2D eigenvalue weighted by atomic mass is 32.2. The van der Waals surface area contributed by atoms with Crippen molar-refractivity contribution in [2.24, 2.45) is 5.92 Å². The third-order valence-corrected chi connectivity index (χ3v) is 8.91. The molecule has 2 aliphatic rings. The topological polar surface area (TPSA) is 72.5 Å². The first-order valence-electron chi connectivity index (χ1n) is 13.7. The molecule has 39 heavy (non-hydrogen) atoms. The van der Waals surface area contributed by atoms with Crippen LogP contribution in [0.3, 0.4) is 0 Å². The Balaban J connectivity index is 1.65. The first-order valence-corrected chi connectivity index (χ1v) is 15.1. The number of aryl methyl sites for hydroxylation is 1. The molecule has 2 aromatic carbocycles. The molecular formula is C33H39NO4S. The number of carbonyl (C=O) groups is 1. The Bertz CT molecular complexity index is 1470. The van der Waals surface area contributed by atoms with E-state index in [1.54, 1.807) is 18.2 Å². The highest BCUT2D eigenvalue weighted by Gasteiger charge is 2.27. The second-order valence-electron chi connectivity index (χ2n) is 11.2. The van der Waals surface area contributed by atoms with Crippen molar-refractivity contribution in [2.75, 3.05) is 7.11 Å². The molecular weight excluding hydrogens is 506 g/mol. The molecule has 2 aromatic rings. The summed E-state index contributed by atoms with van der Waals surface area (Å²) in [6.45, 7) is 8.02. The number of benzene rings is 2. The van der Waals surface area contributed by atoms with Crippen LogP contribution in [0.5, 0.6) is 5.75 Å². The summed E-state index contributed by atoms with van der Waals surface area (Å²) in [6, 6.07) is 8.81. The van der Waals surface area contributed by atoms with Gasteiger partial charge in [0.2, 0.25) is 0 Å². The number of ether oxygens (including phenoxy) is 1. The lowest BCUT2D eigenvalue weighted by molar-refractivity contribution is 0.0980. The maximum Gasteiger partial charge on any atom is 0.268 e. The fourth-order valence-corrected chi connectivity index (χ4v) is 6.47. The molecule has 2 aliphatic carbocycles. The molecule has 5 nitrogen and oxygen atoms in total. The molecule has 0 spiro atoms.